The maximum Gasteiger partial charge on any atom is 0.224 e. The lowest BCUT2D eigenvalue weighted by Crippen LogP contribution is -2.13. The Bertz CT molecular complexity index is 379. The van der Waals surface area contributed by atoms with Crippen molar-refractivity contribution in [2.24, 2.45) is 5.73 Å². The molecule has 0 aliphatic rings. The Hall–Kier alpha value is -1.49. The summed E-state index contributed by atoms with van der Waals surface area (Å²) in [6.45, 7) is 1.32. The lowest BCUT2D eigenvalue weighted by Gasteiger charge is -1.90. The van der Waals surface area contributed by atoms with Crippen LogP contribution in [0.5, 0.6) is 0 Å². The molecule has 0 bridgehead atoms. The van der Waals surface area contributed by atoms with Crippen LogP contribution in [0.3, 0.4) is 0 Å². The van der Waals surface area contributed by atoms with Gasteiger partial charge in [0.25, 0.3) is 0 Å². The minimum Gasteiger partial charge on any atom is -0.369 e. The second-order valence-corrected chi connectivity index (χ2v) is 3.84. The maximum absolute atomic E-state index is 10.2. The maximum atomic E-state index is 10.2. The largest absolute Gasteiger partial charge is 0.369 e. The van der Waals surface area contributed by atoms with E-state index in [2.05, 4.69) is 21.7 Å². The van der Waals surface area contributed by atoms with Crippen LogP contribution in [-0.2, 0) is 9.59 Å². The zero-order chi connectivity index (χ0) is 12.6. The first-order chi connectivity index (χ1) is 7.47. The highest BCUT2D eigenvalue weighted by Gasteiger charge is 1.95. The summed E-state index contributed by atoms with van der Waals surface area (Å²) < 4.78 is 0.847. The smallest absolute Gasteiger partial charge is 0.224 e. The Balaban J connectivity index is 0.000000293. The predicted molar refractivity (Wildman–Crippen MR) is 64.0 cm³/mol. The van der Waals surface area contributed by atoms with Crippen molar-refractivity contribution in [1.82, 2.24) is 0 Å². The number of nitrogens with two attached hydrogens (primary N) is 1. The number of carbonyl (C=O) groups is 3. The number of hydrogen-bond donors (Lipinski definition) is 1. The molecule has 0 fully saturated rings. The number of benzene rings is 1. The zero-order valence-corrected chi connectivity index (χ0v) is 10.4. The van der Waals surface area contributed by atoms with Gasteiger partial charge in [0, 0.05) is 10.0 Å². The van der Waals surface area contributed by atoms with Crippen LogP contribution < -0.4 is 5.73 Å². The molecule has 0 atom stereocenters. The summed E-state index contributed by atoms with van der Waals surface area (Å²) in [7, 11) is 0. The van der Waals surface area contributed by atoms with Gasteiger partial charge in [0.05, 0.1) is 6.42 Å². The first-order valence-corrected chi connectivity index (χ1v) is 5.24. The third-order valence-electron chi connectivity index (χ3n) is 1.46. The minimum absolute atomic E-state index is 0.139. The average Bonchev–Trinajstić information content (AvgIpc) is 2.17. The predicted octanol–water partition coefficient (Wildman–Crippen LogP) is 1.71. The molecule has 0 spiro atoms. The van der Waals surface area contributed by atoms with E-state index < -0.39 is 5.91 Å². The molecule has 0 saturated carbocycles. The Kier molecular flexibility index (Phi) is 7.03. The van der Waals surface area contributed by atoms with Gasteiger partial charge in [-0.15, -0.1) is 0 Å². The summed E-state index contributed by atoms with van der Waals surface area (Å²) in [5.74, 6) is -0.750. The van der Waals surface area contributed by atoms with E-state index in [1.807, 2.05) is 18.2 Å². The molecule has 0 aliphatic carbocycles. The van der Waals surface area contributed by atoms with Gasteiger partial charge >= 0.3 is 0 Å². The number of Topliss-reactive ketones (excluding diaryl/α,β-unsaturated/α-hetero) is 1. The summed E-state index contributed by atoms with van der Waals surface area (Å²) in [5, 5.41) is 0. The second-order valence-electron chi connectivity index (χ2n) is 2.98. The lowest BCUT2D eigenvalue weighted by molar-refractivity contribution is -0.125. The molecule has 1 aromatic carbocycles. The minimum atomic E-state index is -0.562. The number of carbonyl (C=O) groups excluding carboxylic acids is 3. The highest BCUT2D eigenvalue weighted by molar-refractivity contribution is 9.10. The van der Waals surface area contributed by atoms with E-state index in [1.54, 1.807) is 6.07 Å². The van der Waals surface area contributed by atoms with Crippen molar-refractivity contribution in [3.8, 4) is 0 Å². The molecule has 86 valence electrons. The molecule has 0 aliphatic heterocycles. The number of aldehydes is 1. The van der Waals surface area contributed by atoms with E-state index in [0.717, 1.165) is 10.8 Å². The molecule has 1 amide bonds. The third kappa shape index (κ3) is 6.89. The fourth-order valence-corrected chi connectivity index (χ4v) is 1.19. The van der Waals surface area contributed by atoms with Crippen molar-refractivity contribution in [3.63, 3.8) is 0 Å². The van der Waals surface area contributed by atoms with Gasteiger partial charge < -0.3 is 5.73 Å². The molecular formula is C11H12BrNO3. The fraction of sp³-hybridized carbons (Fsp3) is 0.182. The third-order valence-corrected chi connectivity index (χ3v) is 2.18. The summed E-state index contributed by atoms with van der Waals surface area (Å²) in [6.07, 6.45) is 0.685. The van der Waals surface area contributed by atoms with E-state index in [4.69, 9.17) is 0 Å². The van der Waals surface area contributed by atoms with Gasteiger partial charge in [-0.2, -0.15) is 0 Å². The number of amides is 1. The molecule has 1 rings (SSSR count). The van der Waals surface area contributed by atoms with E-state index in [-0.39, 0.29) is 12.2 Å². The first-order valence-electron chi connectivity index (χ1n) is 4.44. The lowest BCUT2D eigenvalue weighted by atomic mass is 10.2. The van der Waals surface area contributed by atoms with Gasteiger partial charge in [-0.1, -0.05) is 34.1 Å². The Morgan fingerprint density at radius 1 is 1.38 bits per heavy atom. The molecule has 1 aromatic rings. The molecule has 4 nitrogen and oxygen atoms in total. The number of primary amides is 1. The van der Waals surface area contributed by atoms with Gasteiger partial charge in [0.1, 0.15) is 5.78 Å². The monoisotopic (exact) mass is 285 g/mol. The van der Waals surface area contributed by atoms with Crippen LogP contribution in [0.4, 0.5) is 0 Å². The summed E-state index contributed by atoms with van der Waals surface area (Å²) >= 11 is 3.23. The molecule has 0 radical (unpaired) electrons. The van der Waals surface area contributed by atoms with Crippen LogP contribution in [-0.4, -0.2) is 18.0 Å². The summed E-state index contributed by atoms with van der Waals surface area (Å²) in [6, 6.07) is 7.30. The van der Waals surface area contributed by atoms with Crippen LogP contribution in [0.25, 0.3) is 0 Å². The van der Waals surface area contributed by atoms with E-state index in [9.17, 15) is 14.4 Å². The number of halogens is 1. The van der Waals surface area contributed by atoms with Crippen molar-refractivity contribution in [3.05, 3.63) is 34.3 Å². The second kappa shape index (κ2) is 7.76. The normalized spacial score (nSPS) is 8.62. The molecule has 5 heteroatoms. The number of hydrogen-bond acceptors (Lipinski definition) is 3. The molecule has 0 unspecified atom stereocenters. The van der Waals surface area contributed by atoms with Crippen molar-refractivity contribution in [2.75, 3.05) is 0 Å². The van der Waals surface area contributed by atoms with E-state index in [0.29, 0.717) is 5.56 Å². The molecular weight excluding hydrogens is 274 g/mol. The summed E-state index contributed by atoms with van der Waals surface area (Å²) in [4.78, 5) is 30.0. The van der Waals surface area contributed by atoms with Crippen molar-refractivity contribution < 1.29 is 14.4 Å². The van der Waals surface area contributed by atoms with Crippen LogP contribution in [0.2, 0.25) is 0 Å². The van der Waals surface area contributed by atoms with Gasteiger partial charge in [-0.25, -0.2) is 0 Å². The van der Waals surface area contributed by atoms with Crippen molar-refractivity contribution in [1.29, 1.82) is 0 Å². The topological polar surface area (TPSA) is 77.2 Å². The van der Waals surface area contributed by atoms with Crippen LogP contribution in [0, 0.1) is 0 Å². The highest BCUT2D eigenvalue weighted by Crippen LogP contribution is 2.12. The Morgan fingerprint density at radius 3 is 2.19 bits per heavy atom. The highest BCUT2D eigenvalue weighted by atomic mass is 79.9. The molecule has 2 N–H and O–H groups in total. The molecule has 0 saturated heterocycles. The Labute approximate surface area is 102 Å². The van der Waals surface area contributed by atoms with E-state index in [1.165, 1.54) is 6.92 Å². The van der Waals surface area contributed by atoms with Gasteiger partial charge in [0.2, 0.25) is 5.91 Å². The van der Waals surface area contributed by atoms with Crippen molar-refractivity contribution >= 4 is 33.9 Å². The quantitative estimate of drug-likeness (QED) is 0.678. The Morgan fingerprint density at radius 2 is 1.94 bits per heavy atom. The fourth-order valence-electron chi connectivity index (χ4n) is 0.816. The SMILES string of the molecule is CC(=O)CC(N)=O.O=Cc1ccccc1Br. The standard InChI is InChI=1S/C7H5BrO.C4H7NO2/c8-7-4-2-1-3-6(7)5-9;1-3(6)2-4(5)7/h1-5H;2H2,1H3,(H2,5,7). The zero-order valence-electron chi connectivity index (χ0n) is 8.77. The van der Waals surface area contributed by atoms with Gasteiger partial charge in [0.15, 0.2) is 6.29 Å². The van der Waals surface area contributed by atoms with Crippen molar-refractivity contribution in [2.45, 2.75) is 13.3 Å². The van der Waals surface area contributed by atoms with Crippen LogP contribution in [0.15, 0.2) is 28.7 Å². The molecule has 16 heavy (non-hydrogen) atoms. The summed E-state index contributed by atoms with van der Waals surface area (Å²) in [5.41, 5.74) is 5.33. The molecule has 0 heterocycles. The number of ketones is 1. The van der Waals surface area contributed by atoms with Crippen LogP contribution >= 0.6 is 15.9 Å². The van der Waals surface area contributed by atoms with E-state index >= 15 is 0 Å². The van der Waals surface area contributed by atoms with Crippen LogP contribution in [0.1, 0.15) is 23.7 Å². The number of rotatable bonds is 3. The molecule has 0 aromatic heterocycles. The average molecular weight is 286 g/mol. The first kappa shape index (κ1) is 14.5. The van der Waals surface area contributed by atoms with Gasteiger partial charge in [-0.05, 0) is 13.0 Å². The van der Waals surface area contributed by atoms with Gasteiger partial charge in [-0.3, -0.25) is 14.4 Å².